The maximum atomic E-state index is 12.8. The van der Waals surface area contributed by atoms with E-state index in [4.69, 9.17) is 9.47 Å². The number of benzene rings is 2. The molecule has 8 heteroatoms. The van der Waals surface area contributed by atoms with Gasteiger partial charge in [-0.2, -0.15) is 0 Å². The van der Waals surface area contributed by atoms with E-state index in [1.807, 2.05) is 30.3 Å². The Kier molecular flexibility index (Phi) is 6.32. The summed E-state index contributed by atoms with van der Waals surface area (Å²) in [5.74, 6) is 0.995. The Morgan fingerprint density at radius 2 is 1.79 bits per heavy atom. The molecule has 0 unspecified atom stereocenters. The highest BCUT2D eigenvalue weighted by molar-refractivity contribution is 7.92. The van der Waals surface area contributed by atoms with Crippen molar-refractivity contribution >= 4 is 21.6 Å². The third-order valence-corrected chi connectivity index (χ3v) is 5.72. The van der Waals surface area contributed by atoms with Crippen LogP contribution < -0.4 is 19.1 Å². The van der Waals surface area contributed by atoms with Gasteiger partial charge in [-0.05, 0) is 30.0 Å². The topological polar surface area (TPSA) is 84.9 Å². The maximum absolute atomic E-state index is 12.8. The van der Waals surface area contributed by atoms with E-state index in [9.17, 15) is 13.2 Å². The van der Waals surface area contributed by atoms with Gasteiger partial charge in [0.2, 0.25) is 22.7 Å². The van der Waals surface area contributed by atoms with Crippen LogP contribution in [-0.2, 0) is 14.8 Å². The van der Waals surface area contributed by atoms with Crippen molar-refractivity contribution in [3.8, 4) is 11.5 Å². The largest absolute Gasteiger partial charge is 0.454 e. The minimum absolute atomic E-state index is 0.0894. The summed E-state index contributed by atoms with van der Waals surface area (Å²) in [4.78, 5) is 12.8. The molecule has 0 aromatic heterocycles. The first-order chi connectivity index (χ1) is 13.7. The van der Waals surface area contributed by atoms with Crippen LogP contribution in [0.4, 0.5) is 5.69 Å². The molecule has 0 bridgehead atoms. The average Bonchev–Trinajstić information content (AvgIpc) is 3.13. The number of hydrogen-bond donors (Lipinski definition) is 1. The predicted molar refractivity (Wildman–Crippen MR) is 112 cm³/mol. The van der Waals surface area contributed by atoms with Crippen LogP contribution in [0.5, 0.6) is 11.5 Å². The molecule has 3 rings (SSSR count). The first kappa shape index (κ1) is 21.0. The highest BCUT2D eigenvalue weighted by atomic mass is 32.2. The summed E-state index contributed by atoms with van der Waals surface area (Å²) in [5.41, 5.74) is 1.34. The van der Waals surface area contributed by atoms with Crippen LogP contribution in [0, 0.1) is 5.92 Å². The van der Waals surface area contributed by atoms with E-state index in [1.165, 1.54) is 0 Å². The van der Waals surface area contributed by atoms with Gasteiger partial charge in [-0.3, -0.25) is 9.10 Å². The third-order valence-electron chi connectivity index (χ3n) is 4.58. The number of amides is 1. The molecular weight excluding hydrogens is 392 g/mol. The molecule has 0 spiro atoms. The molecule has 1 N–H and O–H groups in total. The molecule has 1 aliphatic rings. The van der Waals surface area contributed by atoms with Gasteiger partial charge in [-0.25, -0.2) is 8.42 Å². The molecule has 1 heterocycles. The second-order valence-corrected chi connectivity index (χ2v) is 9.37. The highest BCUT2D eigenvalue weighted by Gasteiger charge is 2.25. The summed E-state index contributed by atoms with van der Waals surface area (Å²) in [6, 6.07) is 14.3. The van der Waals surface area contributed by atoms with Gasteiger partial charge < -0.3 is 14.8 Å². The zero-order valence-corrected chi connectivity index (χ0v) is 17.6. The van der Waals surface area contributed by atoms with E-state index in [-0.39, 0.29) is 25.3 Å². The first-order valence-electron chi connectivity index (χ1n) is 9.45. The lowest BCUT2D eigenvalue weighted by atomic mass is 9.97. The van der Waals surface area contributed by atoms with Crippen molar-refractivity contribution in [1.29, 1.82) is 0 Å². The van der Waals surface area contributed by atoms with Crippen LogP contribution in [0.2, 0.25) is 0 Å². The van der Waals surface area contributed by atoms with E-state index in [0.29, 0.717) is 23.1 Å². The monoisotopic (exact) mass is 418 g/mol. The molecular formula is C21H26N2O5S. The molecule has 0 radical (unpaired) electrons. The summed E-state index contributed by atoms with van der Waals surface area (Å²) >= 11 is 0. The van der Waals surface area contributed by atoms with E-state index >= 15 is 0 Å². The number of nitrogens with zero attached hydrogens (tertiary/aromatic N) is 1. The quantitative estimate of drug-likeness (QED) is 0.712. The second-order valence-electron chi connectivity index (χ2n) is 7.47. The van der Waals surface area contributed by atoms with Crippen LogP contribution >= 0.6 is 0 Å². The summed E-state index contributed by atoms with van der Waals surface area (Å²) in [6.45, 7) is 3.93. The van der Waals surface area contributed by atoms with Crippen molar-refractivity contribution in [2.24, 2.45) is 5.92 Å². The summed E-state index contributed by atoms with van der Waals surface area (Å²) in [6.07, 6.45) is 1.83. The molecule has 0 saturated heterocycles. The molecule has 2 aromatic rings. The zero-order chi connectivity index (χ0) is 21.0. The fraction of sp³-hybridized carbons (Fsp3) is 0.381. The minimum Gasteiger partial charge on any atom is -0.454 e. The molecule has 1 amide bonds. The Labute approximate surface area is 171 Å². The Morgan fingerprint density at radius 3 is 2.45 bits per heavy atom. The molecule has 1 atom stereocenters. The van der Waals surface area contributed by atoms with Crippen LogP contribution in [0.1, 0.15) is 31.9 Å². The number of carbonyl (C=O) groups excluding carboxylic acids is 1. The number of carbonyl (C=O) groups is 1. The van der Waals surface area contributed by atoms with Gasteiger partial charge in [0.1, 0.15) is 6.54 Å². The Hall–Kier alpha value is -2.74. The van der Waals surface area contributed by atoms with Gasteiger partial charge in [0, 0.05) is 6.07 Å². The SMILES string of the molecule is CC(C)C[C@@H](NC(=O)CN(c1ccc2c(c1)OCO2)S(C)(=O)=O)c1ccccc1. The molecule has 7 nitrogen and oxygen atoms in total. The molecule has 1 aliphatic heterocycles. The summed E-state index contributed by atoms with van der Waals surface area (Å²) < 4.78 is 36.4. The predicted octanol–water partition coefficient (Wildman–Crippen LogP) is 3.08. The lowest BCUT2D eigenvalue weighted by Crippen LogP contribution is -2.41. The number of ether oxygens (including phenoxy) is 2. The number of hydrogen-bond acceptors (Lipinski definition) is 5. The molecule has 2 aromatic carbocycles. The minimum atomic E-state index is -3.68. The molecule has 0 fully saturated rings. The van der Waals surface area contributed by atoms with Crippen LogP contribution in [0.15, 0.2) is 48.5 Å². The normalized spacial score (nSPS) is 13.9. The van der Waals surface area contributed by atoms with Crippen LogP contribution in [-0.4, -0.2) is 33.9 Å². The van der Waals surface area contributed by atoms with Crippen LogP contribution in [0.25, 0.3) is 0 Å². The number of rotatable bonds is 8. The fourth-order valence-electron chi connectivity index (χ4n) is 3.25. The van der Waals surface area contributed by atoms with Gasteiger partial charge in [0.15, 0.2) is 11.5 Å². The van der Waals surface area contributed by atoms with Crippen molar-refractivity contribution in [3.05, 3.63) is 54.1 Å². The second kappa shape index (κ2) is 8.73. The van der Waals surface area contributed by atoms with Gasteiger partial charge in [0.05, 0.1) is 18.0 Å². The number of anilines is 1. The molecule has 0 saturated carbocycles. The van der Waals surface area contributed by atoms with Crippen LogP contribution in [0.3, 0.4) is 0 Å². The van der Waals surface area contributed by atoms with E-state index in [2.05, 4.69) is 19.2 Å². The van der Waals surface area contributed by atoms with E-state index in [0.717, 1.165) is 22.5 Å². The number of nitrogens with one attached hydrogen (secondary N) is 1. The molecule has 29 heavy (non-hydrogen) atoms. The maximum Gasteiger partial charge on any atom is 0.241 e. The highest BCUT2D eigenvalue weighted by Crippen LogP contribution is 2.36. The van der Waals surface area contributed by atoms with Gasteiger partial charge in [0.25, 0.3) is 0 Å². The lowest BCUT2D eigenvalue weighted by molar-refractivity contribution is -0.120. The van der Waals surface area contributed by atoms with Gasteiger partial charge in [-0.1, -0.05) is 44.2 Å². The average molecular weight is 419 g/mol. The van der Waals surface area contributed by atoms with Crippen molar-refractivity contribution < 1.29 is 22.7 Å². The zero-order valence-electron chi connectivity index (χ0n) is 16.8. The van der Waals surface area contributed by atoms with Gasteiger partial charge >= 0.3 is 0 Å². The van der Waals surface area contributed by atoms with E-state index < -0.39 is 10.0 Å². The lowest BCUT2D eigenvalue weighted by Gasteiger charge is -2.25. The Balaban J connectivity index is 1.79. The Bertz CT molecular complexity index is 960. The fourth-order valence-corrected chi connectivity index (χ4v) is 4.09. The first-order valence-corrected chi connectivity index (χ1v) is 11.3. The molecule has 156 valence electrons. The van der Waals surface area contributed by atoms with Crippen molar-refractivity contribution in [1.82, 2.24) is 5.32 Å². The molecule has 0 aliphatic carbocycles. The van der Waals surface area contributed by atoms with Gasteiger partial charge in [-0.15, -0.1) is 0 Å². The third kappa shape index (κ3) is 5.41. The number of fused-ring (bicyclic) bond motifs is 1. The Morgan fingerprint density at radius 1 is 1.10 bits per heavy atom. The smallest absolute Gasteiger partial charge is 0.241 e. The summed E-state index contributed by atoms with van der Waals surface area (Å²) in [7, 11) is -3.68. The summed E-state index contributed by atoms with van der Waals surface area (Å²) in [5, 5.41) is 2.99. The van der Waals surface area contributed by atoms with E-state index in [1.54, 1.807) is 18.2 Å². The van der Waals surface area contributed by atoms with Crippen molar-refractivity contribution in [2.75, 3.05) is 23.9 Å². The van der Waals surface area contributed by atoms with Crippen molar-refractivity contribution in [2.45, 2.75) is 26.3 Å². The number of sulfonamides is 1. The van der Waals surface area contributed by atoms with Crippen molar-refractivity contribution in [3.63, 3.8) is 0 Å². The standard InChI is InChI=1S/C21H26N2O5S/c1-15(2)11-18(16-7-5-4-6-8-16)22-21(24)13-23(29(3,25)26)17-9-10-19-20(12-17)28-14-27-19/h4-10,12,15,18H,11,13-14H2,1-3H3,(H,22,24)/t18-/m1/s1.